The van der Waals surface area contributed by atoms with Crippen molar-refractivity contribution in [2.45, 2.75) is 13.5 Å². The molecule has 0 radical (unpaired) electrons. The van der Waals surface area contributed by atoms with E-state index in [2.05, 4.69) is 20.3 Å². The van der Waals surface area contributed by atoms with Gasteiger partial charge in [-0.05, 0) is 30.5 Å². The molecule has 0 unspecified atom stereocenters. The van der Waals surface area contributed by atoms with Crippen LogP contribution in [0.3, 0.4) is 0 Å². The van der Waals surface area contributed by atoms with Crippen molar-refractivity contribution in [2.24, 2.45) is 0 Å². The molecule has 3 aromatic rings. The van der Waals surface area contributed by atoms with Crippen LogP contribution in [0.2, 0.25) is 0 Å². The van der Waals surface area contributed by atoms with Gasteiger partial charge in [0.15, 0.2) is 0 Å². The van der Waals surface area contributed by atoms with Crippen molar-refractivity contribution < 1.29 is 4.79 Å². The van der Waals surface area contributed by atoms with Crippen molar-refractivity contribution in [2.75, 3.05) is 0 Å². The van der Waals surface area contributed by atoms with E-state index in [4.69, 9.17) is 0 Å². The van der Waals surface area contributed by atoms with Crippen LogP contribution in [0.5, 0.6) is 0 Å². The number of rotatable bonds is 3. The molecule has 1 amide bonds. The molecule has 0 atom stereocenters. The molecule has 0 aliphatic heterocycles. The Labute approximate surface area is 110 Å². The number of carbonyl (C=O) groups excluding carboxylic acids is 1. The van der Waals surface area contributed by atoms with Gasteiger partial charge < -0.3 is 15.3 Å². The van der Waals surface area contributed by atoms with E-state index in [0.717, 1.165) is 22.3 Å². The van der Waals surface area contributed by atoms with E-state index in [1.54, 1.807) is 6.33 Å². The lowest BCUT2D eigenvalue weighted by molar-refractivity contribution is 0.0950. The zero-order chi connectivity index (χ0) is 13.2. The highest BCUT2D eigenvalue weighted by Crippen LogP contribution is 2.14. The zero-order valence-electron chi connectivity index (χ0n) is 10.5. The molecule has 2 aromatic heterocycles. The molecule has 96 valence electrons. The third-order valence-corrected chi connectivity index (χ3v) is 3.17. The fourth-order valence-electron chi connectivity index (χ4n) is 2.02. The predicted molar refractivity (Wildman–Crippen MR) is 72.8 cm³/mol. The van der Waals surface area contributed by atoms with Gasteiger partial charge in [-0.15, -0.1) is 0 Å². The Balaban J connectivity index is 1.74. The number of nitrogens with zero attached hydrogens (tertiary/aromatic N) is 1. The Morgan fingerprint density at radius 3 is 3.00 bits per heavy atom. The van der Waals surface area contributed by atoms with Gasteiger partial charge in [0.05, 0.1) is 18.6 Å². The molecule has 0 aliphatic carbocycles. The summed E-state index contributed by atoms with van der Waals surface area (Å²) in [5, 5.41) is 3.96. The molecule has 5 heteroatoms. The highest BCUT2D eigenvalue weighted by atomic mass is 16.1. The van der Waals surface area contributed by atoms with Crippen LogP contribution in [-0.4, -0.2) is 20.9 Å². The minimum atomic E-state index is -0.0982. The fraction of sp³-hybridized carbons (Fsp3) is 0.143. The molecule has 0 aliphatic rings. The van der Waals surface area contributed by atoms with Gasteiger partial charge in [0, 0.05) is 23.0 Å². The number of benzene rings is 1. The van der Waals surface area contributed by atoms with E-state index < -0.39 is 0 Å². The first-order valence-corrected chi connectivity index (χ1v) is 6.08. The van der Waals surface area contributed by atoms with E-state index in [0.29, 0.717) is 12.1 Å². The molecular weight excluding hydrogens is 240 g/mol. The summed E-state index contributed by atoms with van der Waals surface area (Å²) < 4.78 is 0. The van der Waals surface area contributed by atoms with E-state index >= 15 is 0 Å². The Morgan fingerprint density at radius 1 is 1.32 bits per heavy atom. The molecule has 0 spiro atoms. The van der Waals surface area contributed by atoms with E-state index in [1.807, 2.05) is 37.4 Å². The maximum atomic E-state index is 12.1. The van der Waals surface area contributed by atoms with Crippen LogP contribution in [0.1, 0.15) is 21.7 Å². The normalized spacial score (nSPS) is 10.8. The van der Waals surface area contributed by atoms with Gasteiger partial charge in [0.25, 0.3) is 5.91 Å². The summed E-state index contributed by atoms with van der Waals surface area (Å²) in [7, 11) is 0. The summed E-state index contributed by atoms with van der Waals surface area (Å²) in [6, 6.07) is 7.58. The van der Waals surface area contributed by atoms with Crippen LogP contribution in [0.25, 0.3) is 10.9 Å². The van der Waals surface area contributed by atoms with Crippen LogP contribution in [0.15, 0.2) is 36.8 Å². The van der Waals surface area contributed by atoms with Gasteiger partial charge >= 0.3 is 0 Å². The van der Waals surface area contributed by atoms with Crippen LogP contribution >= 0.6 is 0 Å². The van der Waals surface area contributed by atoms with Gasteiger partial charge in [-0.25, -0.2) is 4.98 Å². The van der Waals surface area contributed by atoms with Crippen LogP contribution in [0, 0.1) is 6.92 Å². The fourth-order valence-corrected chi connectivity index (χ4v) is 2.02. The number of aromatic nitrogens is 3. The first kappa shape index (κ1) is 11.5. The lowest BCUT2D eigenvalue weighted by atomic mass is 10.1. The van der Waals surface area contributed by atoms with Gasteiger partial charge in [-0.2, -0.15) is 0 Å². The number of amides is 1. The molecule has 0 saturated heterocycles. The minimum absolute atomic E-state index is 0.0982. The third-order valence-electron chi connectivity index (χ3n) is 3.17. The van der Waals surface area contributed by atoms with Crippen molar-refractivity contribution in [3.05, 3.63) is 53.7 Å². The molecule has 0 fully saturated rings. The monoisotopic (exact) mass is 254 g/mol. The van der Waals surface area contributed by atoms with E-state index in [-0.39, 0.29) is 5.91 Å². The molecule has 1 aromatic carbocycles. The number of carbonyl (C=O) groups is 1. The maximum absolute atomic E-state index is 12.1. The molecule has 3 N–H and O–H groups in total. The summed E-state index contributed by atoms with van der Waals surface area (Å²) in [6.07, 6.45) is 3.49. The number of hydrogen-bond donors (Lipinski definition) is 3. The number of H-pyrrole nitrogens is 2. The molecule has 19 heavy (non-hydrogen) atoms. The second kappa shape index (κ2) is 4.61. The number of aromatic amines is 2. The molecule has 5 nitrogen and oxygen atoms in total. The Kier molecular flexibility index (Phi) is 2.79. The second-order valence-electron chi connectivity index (χ2n) is 4.44. The molecule has 2 heterocycles. The average molecular weight is 254 g/mol. The zero-order valence-corrected chi connectivity index (χ0v) is 10.5. The Morgan fingerprint density at radius 2 is 2.21 bits per heavy atom. The molecule has 0 saturated carbocycles. The second-order valence-corrected chi connectivity index (χ2v) is 4.44. The predicted octanol–water partition coefficient (Wildman–Crippen LogP) is 2.13. The van der Waals surface area contributed by atoms with Crippen molar-refractivity contribution >= 4 is 16.8 Å². The number of fused-ring (bicyclic) bond motifs is 1. The standard InChI is InChI=1S/C14H14N4O/c1-9-13(18-8-17-9)7-16-14(19)11-3-2-10-4-5-15-12(10)6-11/h2-6,8,15H,7H2,1H3,(H,16,19)(H,17,18). The smallest absolute Gasteiger partial charge is 0.251 e. The number of hydrogen-bond acceptors (Lipinski definition) is 2. The van der Waals surface area contributed by atoms with E-state index in [1.165, 1.54) is 0 Å². The lowest BCUT2D eigenvalue weighted by Gasteiger charge is -2.04. The molecular formula is C14H14N4O. The SMILES string of the molecule is Cc1[nH]cnc1CNC(=O)c1ccc2cc[nH]c2c1. The van der Waals surface area contributed by atoms with Crippen molar-refractivity contribution in [1.29, 1.82) is 0 Å². The van der Waals surface area contributed by atoms with Gasteiger partial charge in [0.2, 0.25) is 0 Å². The number of nitrogens with one attached hydrogen (secondary N) is 3. The summed E-state index contributed by atoms with van der Waals surface area (Å²) >= 11 is 0. The highest BCUT2D eigenvalue weighted by molar-refractivity contribution is 5.97. The lowest BCUT2D eigenvalue weighted by Crippen LogP contribution is -2.23. The van der Waals surface area contributed by atoms with Gasteiger partial charge in [-0.1, -0.05) is 6.07 Å². The number of imidazole rings is 1. The largest absolute Gasteiger partial charge is 0.361 e. The van der Waals surface area contributed by atoms with E-state index in [9.17, 15) is 4.79 Å². The van der Waals surface area contributed by atoms with Crippen molar-refractivity contribution in [3.63, 3.8) is 0 Å². The molecule has 0 bridgehead atoms. The third kappa shape index (κ3) is 2.22. The minimum Gasteiger partial charge on any atom is -0.361 e. The average Bonchev–Trinajstić information content (AvgIpc) is 3.03. The summed E-state index contributed by atoms with van der Waals surface area (Å²) in [5.74, 6) is -0.0982. The summed E-state index contributed by atoms with van der Waals surface area (Å²) in [4.78, 5) is 22.3. The van der Waals surface area contributed by atoms with Gasteiger partial charge in [-0.3, -0.25) is 4.79 Å². The Bertz CT molecular complexity index is 726. The number of aryl methyl sites for hydroxylation is 1. The quantitative estimate of drug-likeness (QED) is 0.670. The Hall–Kier alpha value is -2.56. The first-order chi connectivity index (χ1) is 9.24. The topological polar surface area (TPSA) is 73.6 Å². The molecule has 3 rings (SSSR count). The maximum Gasteiger partial charge on any atom is 0.251 e. The van der Waals surface area contributed by atoms with Crippen molar-refractivity contribution in [3.8, 4) is 0 Å². The summed E-state index contributed by atoms with van der Waals surface area (Å²) in [6.45, 7) is 2.36. The van der Waals surface area contributed by atoms with Crippen LogP contribution < -0.4 is 5.32 Å². The van der Waals surface area contributed by atoms with Crippen LogP contribution in [0.4, 0.5) is 0 Å². The van der Waals surface area contributed by atoms with Gasteiger partial charge in [0.1, 0.15) is 0 Å². The first-order valence-electron chi connectivity index (χ1n) is 6.08. The summed E-state index contributed by atoms with van der Waals surface area (Å²) in [5.41, 5.74) is 3.43. The highest BCUT2D eigenvalue weighted by Gasteiger charge is 2.08. The van der Waals surface area contributed by atoms with Crippen molar-refractivity contribution in [1.82, 2.24) is 20.3 Å². The van der Waals surface area contributed by atoms with Crippen LogP contribution in [-0.2, 0) is 6.54 Å².